The second-order valence-corrected chi connectivity index (χ2v) is 17.1. The lowest BCUT2D eigenvalue weighted by Gasteiger charge is -2.17. The highest BCUT2D eigenvalue weighted by atomic mass is 35.5. The van der Waals surface area contributed by atoms with E-state index in [-0.39, 0.29) is 28.5 Å². The third-order valence-electron chi connectivity index (χ3n) is 5.93. The molecule has 17 heteroatoms. The van der Waals surface area contributed by atoms with Gasteiger partial charge in [-0.05, 0) is 59.2 Å². The van der Waals surface area contributed by atoms with Gasteiger partial charge in [0.15, 0.2) is 16.7 Å². The molecule has 3 heterocycles. The first-order valence-corrected chi connectivity index (χ1v) is 17.4. The Kier molecular flexibility index (Phi) is 7.70. The van der Waals surface area contributed by atoms with E-state index in [4.69, 9.17) is 52.6 Å². The molecule has 0 bridgehead atoms. The molecule has 0 spiro atoms. The first-order valence-electron chi connectivity index (χ1n) is 11.5. The highest BCUT2D eigenvalue weighted by Crippen LogP contribution is 2.71. The van der Waals surface area contributed by atoms with Crippen LogP contribution in [-0.2, 0) is 27.6 Å². The van der Waals surface area contributed by atoms with Crippen LogP contribution in [0.15, 0.2) is 82.2 Å². The molecule has 41 heavy (non-hydrogen) atoms. The maximum Gasteiger partial charge on any atom is 0.421 e. The van der Waals surface area contributed by atoms with Gasteiger partial charge < -0.3 is 13.3 Å². The molecule has 0 saturated heterocycles. The Morgan fingerprint density at radius 2 is 1.00 bits per heavy atom. The monoisotopic (exact) mass is 673 g/mol. The summed E-state index contributed by atoms with van der Waals surface area (Å²) in [7, 11) is 0. The molecular weight excluding hydrogens is 660 g/mol. The van der Waals surface area contributed by atoms with Crippen molar-refractivity contribution in [3.63, 3.8) is 0 Å². The molecule has 0 amide bonds. The van der Waals surface area contributed by atoms with Crippen LogP contribution in [0.25, 0.3) is 33.3 Å². The van der Waals surface area contributed by atoms with Crippen LogP contribution < -0.4 is 17.3 Å². The number of halogens is 3. The summed E-state index contributed by atoms with van der Waals surface area (Å²) in [5.41, 5.74) is 2.00. The fourth-order valence-electron chi connectivity index (χ4n) is 3.98. The Labute approximate surface area is 251 Å². The molecule has 0 unspecified atom stereocenters. The van der Waals surface area contributed by atoms with E-state index in [0.29, 0.717) is 31.6 Å². The molecule has 11 nitrogen and oxygen atoms in total. The zero-order valence-corrected chi connectivity index (χ0v) is 25.1. The fourth-order valence-corrected chi connectivity index (χ4v) is 9.97. The van der Waals surface area contributed by atoms with Crippen LogP contribution in [0.4, 0.5) is 0 Å². The molecule has 0 atom stereocenters. The van der Waals surface area contributed by atoms with Gasteiger partial charge in [0.2, 0.25) is 0 Å². The van der Waals surface area contributed by atoms with E-state index in [1.54, 1.807) is 36.4 Å². The average Bonchev–Trinajstić information content (AvgIpc) is 3.52. The Hall–Kier alpha value is -2.77. The molecule has 6 rings (SSSR count). The van der Waals surface area contributed by atoms with Crippen molar-refractivity contribution in [3.05, 3.63) is 101 Å². The van der Waals surface area contributed by atoms with E-state index >= 15 is 0 Å². The Balaban J connectivity index is 1.31. The lowest BCUT2D eigenvalue weighted by molar-refractivity contribution is 0.246. The van der Waals surface area contributed by atoms with Crippen molar-refractivity contribution >= 4 is 96.6 Å². The summed E-state index contributed by atoms with van der Waals surface area (Å²) in [6.07, 6.45) is 0. The normalized spacial score (nSPS) is 12.3. The highest BCUT2D eigenvalue weighted by Gasteiger charge is 2.29. The van der Waals surface area contributed by atoms with Gasteiger partial charge in [0, 0.05) is 33.3 Å². The number of fused-ring (bicyclic) bond motifs is 3. The van der Waals surface area contributed by atoms with Crippen molar-refractivity contribution < 1.29 is 22.3 Å². The largest absolute Gasteiger partial charge is 0.421 e. The molecule has 0 aliphatic rings. The van der Waals surface area contributed by atoms with Crippen molar-refractivity contribution in [1.29, 1.82) is 0 Å². The Bertz CT molecular complexity index is 1940. The Morgan fingerprint density at radius 3 is 1.41 bits per heavy atom. The topological polar surface area (TPSA) is 132 Å². The summed E-state index contributed by atoms with van der Waals surface area (Å²) in [5.74, 6) is -6.20. The van der Waals surface area contributed by atoms with Crippen molar-refractivity contribution in [2.75, 3.05) is 0 Å². The molecule has 0 N–H and O–H groups in total. The number of nitrogens with zero attached hydrogens (tertiary/aromatic N) is 3. The van der Waals surface area contributed by atoms with Gasteiger partial charge in [0.05, 0.1) is 28.3 Å². The minimum absolute atomic E-state index is 0.134. The van der Waals surface area contributed by atoms with Crippen molar-refractivity contribution in [3.8, 4) is 0 Å². The van der Waals surface area contributed by atoms with Crippen LogP contribution in [0.5, 0.6) is 0 Å². The predicted octanol–water partition coefficient (Wildman–Crippen LogP) is 7.23. The first-order chi connectivity index (χ1) is 19.6. The van der Waals surface area contributed by atoms with Crippen LogP contribution in [-0.4, -0.2) is 13.7 Å². The van der Waals surface area contributed by atoms with Gasteiger partial charge in [-0.1, -0.05) is 34.8 Å². The zero-order valence-electron chi connectivity index (χ0n) is 20.3. The number of aromatic nitrogens is 3. The van der Waals surface area contributed by atoms with Gasteiger partial charge in [-0.2, -0.15) is 0 Å². The summed E-state index contributed by atoms with van der Waals surface area (Å²) in [4.78, 5) is 37.6. The van der Waals surface area contributed by atoms with Crippen molar-refractivity contribution in [2.45, 2.75) is 18.5 Å². The molecule has 0 saturated carbocycles. The minimum Gasteiger partial charge on any atom is -0.408 e. The van der Waals surface area contributed by atoms with Crippen molar-refractivity contribution in [1.82, 2.24) is 13.7 Å². The summed E-state index contributed by atoms with van der Waals surface area (Å²) in [6.45, 7) is -0.446. The second-order valence-electron chi connectivity index (χ2n) is 8.45. The van der Waals surface area contributed by atoms with Gasteiger partial charge in [-0.15, -0.1) is 0 Å². The smallest absolute Gasteiger partial charge is 0.408 e. The molecule has 3 aromatic carbocycles. The predicted molar refractivity (Wildman–Crippen MR) is 160 cm³/mol. The third kappa shape index (κ3) is 5.68. The number of hydrogen-bond donors (Lipinski definition) is 0. The van der Waals surface area contributed by atoms with E-state index in [0.717, 1.165) is 27.3 Å². The highest BCUT2D eigenvalue weighted by molar-refractivity contribution is 8.88. The van der Waals surface area contributed by atoms with Crippen LogP contribution in [0.1, 0.15) is 0 Å². The van der Waals surface area contributed by atoms with E-state index in [2.05, 4.69) is 0 Å². The Morgan fingerprint density at radius 1 is 0.634 bits per heavy atom. The molecule has 0 aliphatic heterocycles. The van der Waals surface area contributed by atoms with E-state index < -0.39 is 29.8 Å². The second kappa shape index (κ2) is 11.1. The molecule has 6 aromatic rings. The van der Waals surface area contributed by atoms with E-state index in [1.165, 1.54) is 27.3 Å². The van der Waals surface area contributed by atoms with Gasteiger partial charge in [-0.25, -0.2) is 19.0 Å². The fraction of sp³-hybridized carbons (Fsp3) is 0.125. The quantitative estimate of drug-likeness (QED) is 0.145. The molecule has 0 fully saturated rings. The number of benzene rings is 3. The van der Waals surface area contributed by atoms with Gasteiger partial charge in [0.25, 0.3) is 0 Å². The third-order valence-corrected chi connectivity index (χ3v) is 13.6. The molecule has 3 aromatic heterocycles. The minimum atomic E-state index is -3.81. The van der Waals surface area contributed by atoms with Crippen LogP contribution in [0.3, 0.4) is 0 Å². The maximum atomic E-state index is 14.2. The molecule has 0 radical (unpaired) electrons. The average molecular weight is 675 g/mol. The molecular formula is C24H15Cl3N3O8PS2. The summed E-state index contributed by atoms with van der Waals surface area (Å²) in [6, 6.07) is 14.0. The standard InChI is InChI=1S/C24H15Cl3N3O8PS2/c25-13-1-4-16-19(7-13)36-22(31)28(16)10-35-39(34,40-11-29-17-5-2-14(26)8-20(17)37-23(29)32)41-12-30-18-6-3-15(27)9-21(18)38-24(30)33/h1-9H,10-12H2. The summed E-state index contributed by atoms with van der Waals surface area (Å²) < 4.78 is 39.5. The maximum absolute atomic E-state index is 14.2. The van der Waals surface area contributed by atoms with Crippen LogP contribution in [0, 0.1) is 0 Å². The molecule has 0 aliphatic carbocycles. The summed E-state index contributed by atoms with van der Waals surface area (Å²) in [5, 5.41) is 1.14. The lowest BCUT2D eigenvalue weighted by Crippen LogP contribution is -2.16. The van der Waals surface area contributed by atoms with E-state index in [1.807, 2.05) is 0 Å². The first kappa shape index (κ1) is 28.4. The SMILES string of the molecule is O=c1oc2cc(Cl)ccc2n1COP(=O)(SCn1c(=O)oc2cc(Cl)ccc21)SCn1c(=O)oc2cc(Cl)ccc21. The van der Waals surface area contributed by atoms with Crippen LogP contribution >= 0.6 is 63.3 Å². The number of rotatable bonds is 9. The zero-order chi connectivity index (χ0) is 28.9. The van der Waals surface area contributed by atoms with Crippen LogP contribution in [0.2, 0.25) is 15.1 Å². The lowest BCUT2D eigenvalue weighted by atomic mass is 10.3. The molecule has 212 valence electrons. The van der Waals surface area contributed by atoms with Crippen molar-refractivity contribution in [2.24, 2.45) is 0 Å². The van der Waals surface area contributed by atoms with Gasteiger partial charge >= 0.3 is 23.0 Å². The number of hydrogen-bond acceptors (Lipinski definition) is 10. The number of oxazole rings is 3. The van der Waals surface area contributed by atoms with Gasteiger partial charge in [-0.3, -0.25) is 18.2 Å². The van der Waals surface area contributed by atoms with E-state index in [9.17, 15) is 18.9 Å². The summed E-state index contributed by atoms with van der Waals surface area (Å²) >= 11 is 19.6. The van der Waals surface area contributed by atoms with Gasteiger partial charge in [0.1, 0.15) is 6.73 Å².